The Kier molecular flexibility index (Phi) is 13.3. The molecule has 1 unspecified atom stereocenters. The Hall–Kier alpha value is -1.84. The van der Waals surface area contributed by atoms with Gasteiger partial charge in [0.15, 0.2) is 0 Å². The highest BCUT2D eigenvalue weighted by Crippen LogP contribution is 2.19. The largest absolute Gasteiger partial charge is 0.491 e. The van der Waals surface area contributed by atoms with Crippen molar-refractivity contribution in [3.05, 3.63) is 24.3 Å². The first-order valence-electron chi connectivity index (χ1n) is 11.3. The number of anilines is 1. The predicted octanol–water partition coefficient (Wildman–Crippen LogP) is 3.05. The number of sulfonamides is 1. The third-order valence-corrected chi connectivity index (χ3v) is 6.34. The summed E-state index contributed by atoms with van der Waals surface area (Å²) in [5.74, 6) is 0.508. The van der Waals surface area contributed by atoms with Crippen LogP contribution >= 0.6 is 0 Å². The molecule has 0 saturated heterocycles. The van der Waals surface area contributed by atoms with E-state index in [2.05, 4.69) is 0 Å². The number of hydrogen-bond acceptors (Lipinski definition) is 7. The van der Waals surface area contributed by atoms with E-state index in [4.69, 9.17) is 9.47 Å². The lowest BCUT2D eigenvalue weighted by Gasteiger charge is -2.21. The smallest absolute Gasteiger partial charge is 0.305 e. The fourth-order valence-corrected chi connectivity index (χ4v) is 4.14. The lowest BCUT2D eigenvalue weighted by molar-refractivity contribution is -0.143. The second-order valence-corrected chi connectivity index (χ2v) is 10.1. The van der Waals surface area contributed by atoms with E-state index in [1.165, 1.54) is 10.6 Å². The number of carbonyl (C=O) groups excluding carboxylic acids is 1. The van der Waals surface area contributed by atoms with Crippen molar-refractivity contribution < 1.29 is 27.8 Å². The summed E-state index contributed by atoms with van der Waals surface area (Å²) in [6.45, 7) is 3.16. The van der Waals surface area contributed by atoms with E-state index in [0.717, 1.165) is 31.4 Å². The van der Waals surface area contributed by atoms with E-state index >= 15 is 0 Å². The second kappa shape index (κ2) is 15.1. The van der Waals surface area contributed by atoms with E-state index in [-0.39, 0.29) is 12.6 Å². The molecule has 1 aromatic carbocycles. The first-order valence-corrected chi connectivity index (χ1v) is 13.2. The second-order valence-electron chi connectivity index (χ2n) is 8.13. The van der Waals surface area contributed by atoms with Crippen molar-refractivity contribution >= 4 is 21.7 Å². The van der Waals surface area contributed by atoms with Crippen LogP contribution in [0, 0.1) is 0 Å². The predicted molar refractivity (Wildman–Crippen MR) is 128 cm³/mol. The van der Waals surface area contributed by atoms with Gasteiger partial charge in [-0.1, -0.05) is 18.9 Å². The van der Waals surface area contributed by atoms with Crippen LogP contribution in [-0.2, 0) is 19.6 Å². The molecule has 0 saturated carbocycles. The Labute approximate surface area is 193 Å². The van der Waals surface area contributed by atoms with Crippen molar-refractivity contribution in [3.8, 4) is 5.75 Å². The molecule has 1 rings (SSSR count). The van der Waals surface area contributed by atoms with Gasteiger partial charge < -0.3 is 19.5 Å². The zero-order valence-corrected chi connectivity index (χ0v) is 20.8. The van der Waals surface area contributed by atoms with Crippen LogP contribution in [-0.4, -0.2) is 76.6 Å². The zero-order valence-electron chi connectivity index (χ0n) is 20.0. The lowest BCUT2D eigenvalue weighted by atomic mass is 10.1. The van der Waals surface area contributed by atoms with Crippen molar-refractivity contribution in [1.82, 2.24) is 4.31 Å². The molecule has 1 aromatic rings. The molecule has 0 spiro atoms. The van der Waals surface area contributed by atoms with Gasteiger partial charge in [0.1, 0.15) is 12.4 Å². The fourth-order valence-electron chi connectivity index (χ4n) is 3.22. The first-order chi connectivity index (χ1) is 15.1. The highest BCUT2D eigenvalue weighted by molar-refractivity contribution is 7.88. The highest BCUT2D eigenvalue weighted by Gasteiger charge is 2.17. The Morgan fingerprint density at radius 1 is 1.09 bits per heavy atom. The SMILES string of the molecule is CCOC(=O)CCCCCCN(CCCC(O)COc1cccc(N(C)C)c1)S(C)(=O)=O. The lowest BCUT2D eigenvalue weighted by Crippen LogP contribution is -2.32. The van der Waals surface area contributed by atoms with Crippen LogP contribution in [0.5, 0.6) is 5.75 Å². The molecule has 0 aliphatic carbocycles. The van der Waals surface area contributed by atoms with Crippen LogP contribution in [0.4, 0.5) is 5.69 Å². The summed E-state index contributed by atoms with van der Waals surface area (Å²) < 4.78 is 36.2. The Morgan fingerprint density at radius 2 is 1.78 bits per heavy atom. The number of aliphatic hydroxyl groups excluding tert-OH is 1. The van der Waals surface area contributed by atoms with E-state index in [0.29, 0.717) is 44.7 Å². The third-order valence-electron chi connectivity index (χ3n) is 5.03. The van der Waals surface area contributed by atoms with Gasteiger partial charge >= 0.3 is 5.97 Å². The van der Waals surface area contributed by atoms with E-state index in [1.807, 2.05) is 43.3 Å². The average Bonchev–Trinajstić information content (AvgIpc) is 2.73. The van der Waals surface area contributed by atoms with Gasteiger partial charge in [-0.05, 0) is 44.7 Å². The molecule has 0 heterocycles. The summed E-state index contributed by atoms with van der Waals surface area (Å²) in [7, 11) is 0.596. The molecule has 184 valence electrons. The van der Waals surface area contributed by atoms with Gasteiger partial charge in [0.05, 0.1) is 19.0 Å². The third kappa shape index (κ3) is 12.3. The Balaban J connectivity index is 2.30. The number of ether oxygens (including phenoxy) is 2. The number of aliphatic hydroxyl groups is 1. The number of hydrogen-bond donors (Lipinski definition) is 1. The summed E-state index contributed by atoms with van der Waals surface area (Å²) in [4.78, 5) is 13.3. The first kappa shape index (κ1) is 28.2. The number of esters is 1. The molecule has 1 atom stereocenters. The minimum Gasteiger partial charge on any atom is -0.491 e. The summed E-state index contributed by atoms with van der Waals surface area (Å²) >= 11 is 0. The molecule has 0 aromatic heterocycles. The summed E-state index contributed by atoms with van der Waals surface area (Å²) in [5.41, 5.74) is 1.02. The molecule has 8 nitrogen and oxygen atoms in total. The van der Waals surface area contributed by atoms with Crippen molar-refractivity contribution in [3.63, 3.8) is 0 Å². The van der Waals surface area contributed by atoms with Crippen LogP contribution in [0.15, 0.2) is 24.3 Å². The monoisotopic (exact) mass is 472 g/mol. The number of unbranched alkanes of at least 4 members (excludes halogenated alkanes) is 3. The Morgan fingerprint density at radius 3 is 2.44 bits per heavy atom. The topological polar surface area (TPSA) is 96.4 Å². The maximum Gasteiger partial charge on any atom is 0.305 e. The zero-order chi connectivity index (χ0) is 24.0. The van der Waals surface area contributed by atoms with Crippen molar-refractivity contribution in [2.45, 2.75) is 58.0 Å². The highest BCUT2D eigenvalue weighted by atomic mass is 32.2. The molecular weight excluding hydrogens is 432 g/mol. The molecule has 0 bridgehead atoms. The minimum absolute atomic E-state index is 0.163. The van der Waals surface area contributed by atoms with Gasteiger partial charge in [-0.3, -0.25) is 4.79 Å². The summed E-state index contributed by atoms with van der Waals surface area (Å²) in [6.07, 6.45) is 5.17. The van der Waals surface area contributed by atoms with Gasteiger partial charge in [0.2, 0.25) is 10.0 Å². The maximum absolute atomic E-state index is 12.1. The van der Waals surface area contributed by atoms with Gasteiger partial charge in [0.25, 0.3) is 0 Å². The quantitative estimate of drug-likeness (QED) is 0.275. The molecule has 0 fully saturated rings. The van der Waals surface area contributed by atoms with E-state index in [9.17, 15) is 18.3 Å². The summed E-state index contributed by atoms with van der Waals surface area (Å²) in [5, 5.41) is 10.2. The van der Waals surface area contributed by atoms with Crippen molar-refractivity contribution in [2.75, 3.05) is 51.6 Å². The van der Waals surface area contributed by atoms with Crippen LogP contribution in [0.25, 0.3) is 0 Å². The van der Waals surface area contributed by atoms with Crippen LogP contribution in [0.2, 0.25) is 0 Å². The van der Waals surface area contributed by atoms with E-state index in [1.54, 1.807) is 6.92 Å². The fraction of sp³-hybridized carbons (Fsp3) is 0.696. The van der Waals surface area contributed by atoms with Crippen LogP contribution in [0.3, 0.4) is 0 Å². The van der Waals surface area contributed by atoms with Gasteiger partial charge in [0, 0.05) is 45.4 Å². The molecule has 1 N–H and O–H groups in total. The minimum atomic E-state index is -3.30. The van der Waals surface area contributed by atoms with Crippen molar-refractivity contribution in [1.29, 1.82) is 0 Å². The number of rotatable bonds is 17. The number of benzene rings is 1. The molecule has 9 heteroatoms. The van der Waals surface area contributed by atoms with Gasteiger partial charge in [-0.25, -0.2) is 12.7 Å². The standard InChI is InChI=1S/C23H40N2O6S/c1-5-30-23(27)15-8-6-7-9-16-25(32(4,28)29)17-11-13-21(26)19-31-22-14-10-12-20(18-22)24(2)3/h10,12,14,18,21,26H,5-9,11,13,15-17,19H2,1-4H3. The van der Waals surface area contributed by atoms with E-state index < -0.39 is 16.1 Å². The molecular formula is C23H40N2O6S. The molecule has 0 amide bonds. The van der Waals surface area contributed by atoms with Crippen molar-refractivity contribution in [2.24, 2.45) is 0 Å². The number of nitrogens with zero attached hydrogens (tertiary/aromatic N) is 2. The normalized spacial score (nSPS) is 12.6. The maximum atomic E-state index is 12.1. The number of carbonyl (C=O) groups is 1. The van der Waals surface area contributed by atoms with Gasteiger partial charge in [-0.2, -0.15) is 0 Å². The molecule has 0 radical (unpaired) electrons. The Bertz CT molecular complexity index is 770. The van der Waals surface area contributed by atoms with Crippen LogP contribution < -0.4 is 9.64 Å². The van der Waals surface area contributed by atoms with Crippen LogP contribution in [0.1, 0.15) is 51.9 Å². The molecule has 0 aliphatic heterocycles. The molecule has 0 aliphatic rings. The average molecular weight is 473 g/mol. The summed E-state index contributed by atoms with van der Waals surface area (Å²) in [6, 6.07) is 7.63. The molecule has 32 heavy (non-hydrogen) atoms. The van der Waals surface area contributed by atoms with Gasteiger partial charge in [-0.15, -0.1) is 0 Å².